The van der Waals surface area contributed by atoms with Crippen LogP contribution in [0.4, 0.5) is 0 Å². The molecule has 0 aliphatic heterocycles. The first-order chi connectivity index (χ1) is 12.1. The van der Waals surface area contributed by atoms with Crippen molar-refractivity contribution in [2.24, 2.45) is 0 Å². The molecule has 0 saturated heterocycles. The molecule has 0 bridgehead atoms. The molecule has 0 radical (unpaired) electrons. The molecule has 0 fully saturated rings. The lowest BCUT2D eigenvalue weighted by Gasteiger charge is -2.13. The van der Waals surface area contributed by atoms with Crippen LogP contribution in [-0.4, -0.2) is 27.4 Å². The third-order valence-corrected chi connectivity index (χ3v) is 4.78. The Labute approximate surface area is 152 Å². The lowest BCUT2D eigenvalue weighted by molar-refractivity contribution is -0.125. The molecule has 0 saturated carbocycles. The molecule has 1 aromatic carbocycles. The highest BCUT2D eigenvalue weighted by Crippen LogP contribution is 2.21. The van der Waals surface area contributed by atoms with Crippen LogP contribution in [0.1, 0.15) is 22.6 Å². The van der Waals surface area contributed by atoms with Crippen molar-refractivity contribution < 1.29 is 4.79 Å². The lowest BCUT2D eigenvalue weighted by Crippen LogP contribution is -2.24. The molecule has 0 spiro atoms. The third kappa shape index (κ3) is 3.88. The zero-order valence-corrected chi connectivity index (χ0v) is 15.5. The van der Waals surface area contributed by atoms with Crippen LogP contribution in [0.5, 0.6) is 0 Å². The highest BCUT2D eigenvalue weighted by atomic mass is 32.1. The van der Waals surface area contributed by atoms with Gasteiger partial charge in [0.2, 0.25) is 5.91 Å². The van der Waals surface area contributed by atoms with Crippen molar-refractivity contribution in [1.82, 2.24) is 14.5 Å². The SMILES string of the molecule is Cc1cc(/C=C\C(=O)N(C)Cc2cscn2)c(C)n1-c1ccccc1. The van der Waals surface area contributed by atoms with Gasteiger partial charge in [-0.1, -0.05) is 18.2 Å². The molecule has 1 amide bonds. The van der Waals surface area contributed by atoms with E-state index in [0.29, 0.717) is 6.54 Å². The number of para-hydroxylation sites is 1. The second kappa shape index (κ2) is 7.49. The van der Waals surface area contributed by atoms with E-state index < -0.39 is 0 Å². The summed E-state index contributed by atoms with van der Waals surface area (Å²) in [5.41, 5.74) is 7.14. The van der Waals surface area contributed by atoms with E-state index in [2.05, 4.69) is 41.6 Å². The first-order valence-corrected chi connectivity index (χ1v) is 9.05. The summed E-state index contributed by atoms with van der Waals surface area (Å²) in [7, 11) is 1.79. The number of thiazole rings is 1. The molecule has 0 aliphatic rings. The van der Waals surface area contributed by atoms with Crippen LogP contribution in [0.15, 0.2) is 53.4 Å². The molecule has 5 heteroatoms. The molecule has 3 rings (SSSR count). The Morgan fingerprint density at radius 3 is 2.72 bits per heavy atom. The lowest BCUT2D eigenvalue weighted by atomic mass is 10.2. The van der Waals surface area contributed by atoms with Crippen molar-refractivity contribution in [3.63, 3.8) is 0 Å². The Balaban J connectivity index is 1.76. The average Bonchev–Trinajstić information content (AvgIpc) is 3.21. The van der Waals surface area contributed by atoms with Gasteiger partial charge in [0, 0.05) is 35.6 Å². The number of nitrogens with zero attached hydrogens (tertiary/aromatic N) is 3. The van der Waals surface area contributed by atoms with E-state index in [4.69, 9.17) is 0 Å². The van der Waals surface area contributed by atoms with Crippen molar-refractivity contribution in [1.29, 1.82) is 0 Å². The summed E-state index contributed by atoms with van der Waals surface area (Å²) in [4.78, 5) is 18.2. The molecule has 2 aromatic heterocycles. The van der Waals surface area contributed by atoms with Crippen LogP contribution in [0.25, 0.3) is 11.8 Å². The van der Waals surface area contributed by atoms with Crippen LogP contribution in [0, 0.1) is 13.8 Å². The number of rotatable bonds is 5. The van der Waals surface area contributed by atoms with Gasteiger partial charge in [0.1, 0.15) is 0 Å². The molecule has 4 nitrogen and oxygen atoms in total. The number of amides is 1. The van der Waals surface area contributed by atoms with E-state index in [9.17, 15) is 4.79 Å². The maximum absolute atomic E-state index is 12.3. The summed E-state index contributed by atoms with van der Waals surface area (Å²) in [6.45, 7) is 4.67. The van der Waals surface area contributed by atoms with Crippen molar-refractivity contribution in [3.05, 3.63) is 76.0 Å². The molecule has 128 valence electrons. The fourth-order valence-corrected chi connectivity index (χ4v) is 3.41. The maximum atomic E-state index is 12.3. The van der Waals surface area contributed by atoms with Crippen molar-refractivity contribution >= 4 is 23.3 Å². The van der Waals surface area contributed by atoms with Crippen LogP contribution in [0.2, 0.25) is 0 Å². The number of benzene rings is 1. The highest BCUT2D eigenvalue weighted by Gasteiger charge is 2.10. The minimum absolute atomic E-state index is 0.0301. The van der Waals surface area contributed by atoms with Gasteiger partial charge in [0.15, 0.2) is 0 Å². The quantitative estimate of drug-likeness (QED) is 0.646. The van der Waals surface area contributed by atoms with E-state index in [1.54, 1.807) is 23.5 Å². The van der Waals surface area contributed by atoms with Crippen LogP contribution in [-0.2, 0) is 11.3 Å². The molecule has 0 unspecified atom stereocenters. The van der Waals surface area contributed by atoms with Crippen molar-refractivity contribution in [2.45, 2.75) is 20.4 Å². The summed E-state index contributed by atoms with van der Waals surface area (Å²) in [5.74, 6) is -0.0301. The van der Waals surface area contributed by atoms with Gasteiger partial charge in [0.05, 0.1) is 17.7 Å². The largest absolute Gasteiger partial charge is 0.336 e. The number of carbonyl (C=O) groups excluding carboxylic acids is 1. The van der Waals surface area contributed by atoms with Crippen LogP contribution >= 0.6 is 11.3 Å². The first-order valence-electron chi connectivity index (χ1n) is 8.11. The van der Waals surface area contributed by atoms with Gasteiger partial charge in [-0.3, -0.25) is 4.79 Å². The summed E-state index contributed by atoms with van der Waals surface area (Å²) in [6, 6.07) is 12.3. The molecular formula is C20H21N3OS. The summed E-state index contributed by atoms with van der Waals surface area (Å²) >= 11 is 1.54. The third-order valence-electron chi connectivity index (χ3n) is 4.15. The van der Waals surface area contributed by atoms with E-state index >= 15 is 0 Å². The van der Waals surface area contributed by atoms with E-state index in [1.807, 2.05) is 29.7 Å². The van der Waals surface area contributed by atoms with E-state index in [-0.39, 0.29) is 5.91 Å². The summed E-state index contributed by atoms with van der Waals surface area (Å²) in [6.07, 6.45) is 3.52. The van der Waals surface area contributed by atoms with Gasteiger partial charge in [0.25, 0.3) is 0 Å². The monoisotopic (exact) mass is 351 g/mol. The van der Waals surface area contributed by atoms with E-state index in [1.165, 1.54) is 11.3 Å². The average molecular weight is 351 g/mol. The second-order valence-corrected chi connectivity index (χ2v) is 6.72. The van der Waals surface area contributed by atoms with Crippen molar-refractivity contribution in [2.75, 3.05) is 7.05 Å². The number of hydrogen-bond donors (Lipinski definition) is 0. The maximum Gasteiger partial charge on any atom is 0.246 e. The number of likely N-dealkylation sites (N-methyl/N-ethyl adjacent to an activating group) is 1. The topological polar surface area (TPSA) is 38.1 Å². The Bertz CT molecular complexity index is 879. The Morgan fingerprint density at radius 1 is 1.28 bits per heavy atom. The zero-order chi connectivity index (χ0) is 17.8. The Hall–Kier alpha value is -2.66. The highest BCUT2D eigenvalue weighted by molar-refractivity contribution is 7.07. The summed E-state index contributed by atoms with van der Waals surface area (Å²) in [5, 5.41) is 1.96. The Kier molecular flexibility index (Phi) is 5.14. The minimum Gasteiger partial charge on any atom is -0.336 e. The minimum atomic E-state index is -0.0301. The van der Waals surface area contributed by atoms with Gasteiger partial charge in [-0.25, -0.2) is 4.98 Å². The summed E-state index contributed by atoms with van der Waals surface area (Å²) < 4.78 is 2.20. The number of hydrogen-bond acceptors (Lipinski definition) is 3. The van der Waals surface area contributed by atoms with Gasteiger partial charge < -0.3 is 9.47 Å². The van der Waals surface area contributed by atoms with Gasteiger partial charge in [-0.05, 0) is 43.7 Å². The van der Waals surface area contributed by atoms with Crippen molar-refractivity contribution in [3.8, 4) is 5.69 Å². The zero-order valence-electron chi connectivity index (χ0n) is 14.6. The van der Waals surface area contributed by atoms with Gasteiger partial charge in [-0.2, -0.15) is 0 Å². The number of aromatic nitrogens is 2. The van der Waals surface area contributed by atoms with Gasteiger partial charge in [-0.15, -0.1) is 11.3 Å². The molecule has 0 aliphatic carbocycles. The smallest absolute Gasteiger partial charge is 0.246 e. The molecule has 3 aromatic rings. The standard InChI is InChI=1S/C20H21N3OS/c1-15-11-17(16(2)23(15)19-7-5-4-6-8-19)9-10-20(24)22(3)12-18-13-25-14-21-18/h4-11,13-14H,12H2,1-3H3/b10-9-. The molecule has 2 heterocycles. The normalized spacial score (nSPS) is 11.2. The first kappa shape index (κ1) is 17.2. The van der Waals surface area contributed by atoms with Crippen LogP contribution in [0.3, 0.4) is 0 Å². The van der Waals surface area contributed by atoms with Gasteiger partial charge >= 0.3 is 0 Å². The fourth-order valence-electron chi connectivity index (χ4n) is 2.86. The molecule has 0 atom stereocenters. The fraction of sp³-hybridized carbons (Fsp3) is 0.200. The molecule has 0 N–H and O–H groups in total. The number of aryl methyl sites for hydroxylation is 1. The predicted molar refractivity (Wildman–Crippen MR) is 103 cm³/mol. The predicted octanol–water partition coefficient (Wildman–Crippen LogP) is 4.22. The van der Waals surface area contributed by atoms with E-state index in [0.717, 1.165) is 28.3 Å². The Morgan fingerprint density at radius 2 is 2.04 bits per heavy atom. The molecule has 25 heavy (non-hydrogen) atoms. The van der Waals surface area contributed by atoms with Crippen LogP contribution < -0.4 is 0 Å². The number of carbonyl (C=O) groups is 1. The molecular weight excluding hydrogens is 330 g/mol. The second-order valence-electron chi connectivity index (χ2n) is 6.00.